The molecule has 0 saturated heterocycles. The number of anilines is 1. The molecule has 2 rings (SSSR count). The van der Waals surface area contributed by atoms with Crippen molar-refractivity contribution < 1.29 is 4.39 Å². The van der Waals surface area contributed by atoms with Gasteiger partial charge in [0.2, 0.25) is 0 Å². The fourth-order valence-electron chi connectivity index (χ4n) is 2.34. The van der Waals surface area contributed by atoms with Crippen molar-refractivity contribution in [3.05, 3.63) is 59.2 Å². The molecule has 0 unspecified atom stereocenters. The van der Waals surface area contributed by atoms with Crippen LogP contribution in [0.1, 0.15) is 29.7 Å². The Morgan fingerprint density at radius 2 is 1.95 bits per heavy atom. The Hall–Kier alpha value is -1.94. The Bertz CT molecular complexity index is 596. The van der Waals surface area contributed by atoms with E-state index in [0.29, 0.717) is 5.56 Å². The fourth-order valence-corrected chi connectivity index (χ4v) is 2.34. The first kappa shape index (κ1) is 15.4. The van der Waals surface area contributed by atoms with Crippen LogP contribution in [0.4, 0.5) is 10.1 Å². The number of hydrogen-bond donors (Lipinski definition) is 1. The number of rotatable bonds is 5. The molecule has 1 atom stereocenters. The average molecular weight is 287 g/mol. The molecule has 112 valence electrons. The molecule has 0 aliphatic rings. The lowest BCUT2D eigenvalue weighted by Crippen LogP contribution is -2.23. The van der Waals surface area contributed by atoms with Gasteiger partial charge in [-0.05, 0) is 61.2 Å². The van der Waals surface area contributed by atoms with Gasteiger partial charge in [-0.3, -0.25) is 4.98 Å². The predicted molar refractivity (Wildman–Crippen MR) is 85.0 cm³/mol. The van der Waals surface area contributed by atoms with Gasteiger partial charge in [-0.1, -0.05) is 0 Å². The number of likely N-dealkylation sites (N-methyl/N-ethyl adjacent to an activating group) is 1. The Balaban J connectivity index is 2.18. The van der Waals surface area contributed by atoms with E-state index in [1.807, 2.05) is 32.2 Å². The van der Waals surface area contributed by atoms with Crippen molar-refractivity contribution in [2.45, 2.75) is 26.3 Å². The molecule has 0 amide bonds. The number of halogens is 1. The third kappa shape index (κ3) is 3.79. The molecule has 0 radical (unpaired) electrons. The van der Waals surface area contributed by atoms with Crippen LogP contribution in [0.25, 0.3) is 0 Å². The maximum atomic E-state index is 13.8. The van der Waals surface area contributed by atoms with Crippen molar-refractivity contribution in [2.24, 2.45) is 5.73 Å². The van der Waals surface area contributed by atoms with Crippen molar-refractivity contribution in [2.75, 3.05) is 18.5 Å². The number of hydrogen-bond acceptors (Lipinski definition) is 3. The Morgan fingerprint density at radius 3 is 2.57 bits per heavy atom. The van der Waals surface area contributed by atoms with Crippen LogP contribution in [0.15, 0.2) is 36.7 Å². The lowest BCUT2D eigenvalue weighted by molar-refractivity contribution is 0.612. The molecule has 0 aliphatic carbocycles. The van der Waals surface area contributed by atoms with Crippen molar-refractivity contribution in [3.63, 3.8) is 0 Å². The van der Waals surface area contributed by atoms with E-state index in [1.54, 1.807) is 25.4 Å². The largest absolute Gasteiger partial charge is 0.374 e. The molecule has 3 nitrogen and oxygen atoms in total. The highest BCUT2D eigenvalue weighted by Gasteiger charge is 2.14. The minimum absolute atomic E-state index is 0.196. The first-order valence-corrected chi connectivity index (χ1v) is 7.14. The first-order chi connectivity index (χ1) is 9.99. The second-order valence-electron chi connectivity index (χ2n) is 5.48. The monoisotopic (exact) mass is 287 g/mol. The summed E-state index contributed by atoms with van der Waals surface area (Å²) in [6, 6.07) is 7.25. The predicted octanol–water partition coefficient (Wildman–Crippen LogP) is 3.23. The summed E-state index contributed by atoms with van der Waals surface area (Å²) in [6.07, 6.45) is 4.50. The molecular formula is C17H22FN3. The second-order valence-corrected chi connectivity index (χ2v) is 5.48. The molecule has 0 aliphatic heterocycles. The lowest BCUT2D eigenvalue weighted by Gasteiger charge is -2.25. The van der Waals surface area contributed by atoms with E-state index in [0.717, 1.165) is 24.2 Å². The summed E-state index contributed by atoms with van der Waals surface area (Å²) in [5.74, 6) is -0.200. The molecule has 2 N–H and O–H groups in total. The van der Waals surface area contributed by atoms with Crippen LogP contribution in [0.2, 0.25) is 0 Å². The van der Waals surface area contributed by atoms with Crippen LogP contribution in [-0.4, -0.2) is 18.6 Å². The van der Waals surface area contributed by atoms with Gasteiger partial charge in [0.1, 0.15) is 5.82 Å². The van der Waals surface area contributed by atoms with E-state index in [-0.39, 0.29) is 11.9 Å². The highest BCUT2D eigenvalue weighted by molar-refractivity contribution is 5.56. The van der Waals surface area contributed by atoms with Crippen LogP contribution < -0.4 is 10.6 Å². The maximum absolute atomic E-state index is 13.8. The SMILES string of the molecule is Cc1cc(N(C)CCc2ccncc2)c([C@H](C)N)cc1F. The quantitative estimate of drug-likeness (QED) is 0.918. The van der Waals surface area contributed by atoms with Gasteiger partial charge in [0.05, 0.1) is 0 Å². The number of benzene rings is 1. The Labute approximate surface area is 125 Å². The van der Waals surface area contributed by atoms with E-state index < -0.39 is 0 Å². The second kappa shape index (κ2) is 6.68. The summed E-state index contributed by atoms with van der Waals surface area (Å²) in [6.45, 7) is 4.50. The molecule has 0 saturated carbocycles. The lowest BCUT2D eigenvalue weighted by atomic mass is 10.0. The molecule has 1 aromatic heterocycles. The molecule has 1 heterocycles. The third-order valence-corrected chi connectivity index (χ3v) is 3.69. The Kier molecular flexibility index (Phi) is 4.91. The number of nitrogens with zero attached hydrogens (tertiary/aromatic N) is 2. The summed E-state index contributed by atoms with van der Waals surface area (Å²) in [5.41, 5.74) is 9.70. The zero-order valence-electron chi connectivity index (χ0n) is 12.8. The van der Waals surface area contributed by atoms with Gasteiger partial charge in [0.25, 0.3) is 0 Å². The standard InChI is InChI=1S/C17H22FN3/c1-12-10-17(15(13(2)19)11-16(12)18)21(3)9-6-14-4-7-20-8-5-14/h4-5,7-8,10-11,13H,6,9,19H2,1-3H3/t13-/m0/s1. The number of pyridine rings is 1. The summed E-state index contributed by atoms with van der Waals surface area (Å²) in [5, 5.41) is 0. The topological polar surface area (TPSA) is 42.2 Å². The van der Waals surface area contributed by atoms with Gasteiger partial charge < -0.3 is 10.6 Å². The first-order valence-electron chi connectivity index (χ1n) is 7.14. The van der Waals surface area contributed by atoms with Crippen LogP contribution in [0.3, 0.4) is 0 Å². The molecule has 21 heavy (non-hydrogen) atoms. The van der Waals surface area contributed by atoms with Crippen molar-refractivity contribution >= 4 is 5.69 Å². The van der Waals surface area contributed by atoms with Crippen LogP contribution >= 0.6 is 0 Å². The fraction of sp³-hybridized carbons (Fsp3) is 0.353. The number of aromatic nitrogens is 1. The van der Waals surface area contributed by atoms with E-state index in [4.69, 9.17) is 5.73 Å². The molecule has 0 fully saturated rings. The molecule has 0 spiro atoms. The zero-order chi connectivity index (χ0) is 15.4. The van der Waals surface area contributed by atoms with Crippen LogP contribution in [-0.2, 0) is 6.42 Å². The molecule has 1 aromatic carbocycles. The van der Waals surface area contributed by atoms with Gasteiger partial charge in [0, 0.05) is 37.7 Å². The highest BCUT2D eigenvalue weighted by Crippen LogP contribution is 2.27. The minimum atomic E-state index is -0.200. The summed E-state index contributed by atoms with van der Waals surface area (Å²) >= 11 is 0. The molecule has 2 aromatic rings. The summed E-state index contributed by atoms with van der Waals surface area (Å²) in [7, 11) is 2.01. The van der Waals surface area contributed by atoms with Crippen molar-refractivity contribution in [3.8, 4) is 0 Å². The molecule has 0 bridgehead atoms. The average Bonchev–Trinajstić information content (AvgIpc) is 2.48. The minimum Gasteiger partial charge on any atom is -0.374 e. The summed E-state index contributed by atoms with van der Waals surface area (Å²) < 4.78 is 13.8. The van der Waals surface area contributed by atoms with E-state index in [2.05, 4.69) is 9.88 Å². The summed E-state index contributed by atoms with van der Waals surface area (Å²) in [4.78, 5) is 6.15. The van der Waals surface area contributed by atoms with E-state index in [9.17, 15) is 4.39 Å². The molecular weight excluding hydrogens is 265 g/mol. The van der Waals surface area contributed by atoms with Gasteiger partial charge in [-0.2, -0.15) is 0 Å². The Morgan fingerprint density at radius 1 is 1.29 bits per heavy atom. The van der Waals surface area contributed by atoms with Gasteiger partial charge in [0.15, 0.2) is 0 Å². The van der Waals surface area contributed by atoms with Gasteiger partial charge in [-0.25, -0.2) is 4.39 Å². The van der Waals surface area contributed by atoms with E-state index in [1.165, 1.54) is 5.56 Å². The van der Waals surface area contributed by atoms with E-state index >= 15 is 0 Å². The smallest absolute Gasteiger partial charge is 0.126 e. The van der Waals surface area contributed by atoms with Crippen molar-refractivity contribution in [1.82, 2.24) is 4.98 Å². The zero-order valence-corrected chi connectivity index (χ0v) is 12.8. The van der Waals surface area contributed by atoms with Crippen LogP contribution in [0, 0.1) is 12.7 Å². The number of aryl methyl sites for hydroxylation is 1. The van der Waals surface area contributed by atoms with Gasteiger partial charge >= 0.3 is 0 Å². The van der Waals surface area contributed by atoms with Crippen LogP contribution in [0.5, 0.6) is 0 Å². The maximum Gasteiger partial charge on any atom is 0.126 e. The van der Waals surface area contributed by atoms with Crippen molar-refractivity contribution in [1.29, 1.82) is 0 Å². The third-order valence-electron chi connectivity index (χ3n) is 3.69. The van der Waals surface area contributed by atoms with Gasteiger partial charge in [-0.15, -0.1) is 0 Å². The highest BCUT2D eigenvalue weighted by atomic mass is 19.1. The normalized spacial score (nSPS) is 12.2. The molecule has 4 heteroatoms. The number of nitrogens with two attached hydrogens (primary N) is 1.